The zero-order valence-electron chi connectivity index (χ0n) is 16.4. The monoisotopic (exact) mass is 412 g/mol. The molecule has 10 nitrogen and oxygen atoms in total. The molecule has 2 aliphatic rings. The second-order valence-corrected chi connectivity index (χ2v) is 7.32. The van der Waals surface area contributed by atoms with E-state index in [2.05, 4.69) is 30.7 Å². The Balaban J connectivity index is 1.58. The second-order valence-electron chi connectivity index (χ2n) is 7.32. The number of hydrogen-bond acceptors (Lipinski definition) is 8. The third kappa shape index (κ3) is 3.20. The molecular formula is C19H21FN8O2. The van der Waals surface area contributed by atoms with Crippen LogP contribution in [0.4, 0.5) is 16.2 Å². The van der Waals surface area contributed by atoms with Crippen LogP contribution in [-0.4, -0.2) is 63.3 Å². The van der Waals surface area contributed by atoms with Crippen molar-refractivity contribution >= 4 is 23.3 Å². The average Bonchev–Trinajstić information content (AvgIpc) is 3.49. The average molecular weight is 412 g/mol. The number of carbonyl (C=O) groups excluding carboxylic acids is 1. The third-order valence-corrected chi connectivity index (χ3v) is 5.37. The van der Waals surface area contributed by atoms with Gasteiger partial charge in [-0.05, 0) is 19.4 Å². The number of rotatable bonds is 5. The van der Waals surface area contributed by atoms with Crippen molar-refractivity contribution in [1.82, 2.24) is 29.9 Å². The Morgan fingerprint density at radius 1 is 1.33 bits per heavy atom. The minimum Gasteiger partial charge on any atom is -0.493 e. The molecule has 11 heteroatoms. The lowest BCUT2D eigenvalue weighted by molar-refractivity contribution is -0.117. The van der Waals surface area contributed by atoms with Gasteiger partial charge in [0, 0.05) is 31.6 Å². The van der Waals surface area contributed by atoms with Gasteiger partial charge < -0.3 is 15.4 Å². The highest BCUT2D eigenvalue weighted by Crippen LogP contribution is 2.32. The summed E-state index contributed by atoms with van der Waals surface area (Å²) in [6.45, 7) is 2.28. The summed E-state index contributed by atoms with van der Waals surface area (Å²) >= 11 is 0. The lowest BCUT2D eigenvalue weighted by Crippen LogP contribution is -2.26. The van der Waals surface area contributed by atoms with Crippen molar-refractivity contribution in [2.75, 3.05) is 37.0 Å². The van der Waals surface area contributed by atoms with Crippen molar-refractivity contribution in [3.8, 4) is 17.1 Å². The molecule has 2 aliphatic heterocycles. The summed E-state index contributed by atoms with van der Waals surface area (Å²) in [6, 6.07) is 1.88. The molecule has 1 amide bonds. The van der Waals surface area contributed by atoms with Crippen LogP contribution in [0.1, 0.15) is 19.3 Å². The molecule has 0 saturated carbocycles. The highest BCUT2D eigenvalue weighted by molar-refractivity contribution is 5.95. The van der Waals surface area contributed by atoms with Crippen LogP contribution in [0.15, 0.2) is 18.5 Å². The predicted octanol–water partition coefficient (Wildman–Crippen LogP) is 1.23. The number of aromatic nitrogens is 5. The Labute approximate surface area is 171 Å². The van der Waals surface area contributed by atoms with E-state index in [4.69, 9.17) is 4.74 Å². The first-order chi connectivity index (χ1) is 14.6. The van der Waals surface area contributed by atoms with Gasteiger partial charge in [0.25, 0.3) is 0 Å². The number of imidazole rings is 1. The number of nitrogens with one attached hydrogen (secondary N) is 2. The molecule has 5 rings (SSSR count). The molecule has 2 N–H and O–H groups in total. The third-order valence-electron chi connectivity index (χ3n) is 5.37. The predicted molar refractivity (Wildman–Crippen MR) is 107 cm³/mol. The molecule has 1 atom stereocenters. The van der Waals surface area contributed by atoms with Gasteiger partial charge in [0.2, 0.25) is 11.9 Å². The van der Waals surface area contributed by atoms with Gasteiger partial charge in [0.05, 0.1) is 19.5 Å². The fourth-order valence-electron chi connectivity index (χ4n) is 3.84. The van der Waals surface area contributed by atoms with Gasteiger partial charge in [-0.2, -0.15) is 0 Å². The highest BCUT2D eigenvalue weighted by atomic mass is 19.1. The van der Waals surface area contributed by atoms with Crippen LogP contribution < -0.4 is 20.3 Å². The Morgan fingerprint density at radius 3 is 2.97 bits per heavy atom. The lowest BCUT2D eigenvalue weighted by atomic mass is 10.2. The van der Waals surface area contributed by atoms with Crippen LogP contribution in [0.2, 0.25) is 0 Å². The molecule has 0 spiro atoms. The van der Waals surface area contributed by atoms with Crippen molar-refractivity contribution in [3.05, 3.63) is 24.3 Å². The second kappa shape index (κ2) is 7.48. The standard InChI is InChI=1S/C19H21FN8O2/c1-30-14-7-15-22-10-13(28(15)26-18(14)27-6-2-3-16(27)29)17-12(20)9-23-19(25-17)24-11-4-5-21-8-11/h7,9-11,21H,2-6,8H2,1H3,(H,23,24,25). The Bertz CT molecular complexity index is 1110. The molecule has 3 aromatic rings. The van der Waals surface area contributed by atoms with Crippen molar-refractivity contribution in [2.45, 2.75) is 25.3 Å². The van der Waals surface area contributed by atoms with E-state index in [0.717, 1.165) is 32.1 Å². The highest BCUT2D eigenvalue weighted by Gasteiger charge is 2.28. The van der Waals surface area contributed by atoms with Gasteiger partial charge in [0.1, 0.15) is 11.4 Å². The fourth-order valence-corrected chi connectivity index (χ4v) is 3.84. The number of fused-ring (bicyclic) bond motifs is 1. The number of hydrogen-bond donors (Lipinski definition) is 2. The Kier molecular flexibility index (Phi) is 4.66. The minimum absolute atomic E-state index is 0.0216. The molecule has 30 heavy (non-hydrogen) atoms. The number of amides is 1. The van der Waals surface area contributed by atoms with Crippen LogP contribution in [0.5, 0.6) is 5.75 Å². The number of halogens is 1. The van der Waals surface area contributed by atoms with Crippen LogP contribution >= 0.6 is 0 Å². The minimum atomic E-state index is -0.580. The summed E-state index contributed by atoms with van der Waals surface area (Å²) in [6.07, 6.45) is 4.81. The quantitative estimate of drug-likeness (QED) is 0.644. The lowest BCUT2D eigenvalue weighted by Gasteiger charge is -2.18. The number of methoxy groups -OCH3 is 1. The number of carbonyl (C=O) groups is 1. The van der Waals surface area contributed by atoms with Crippen LogP contribution in [0.3, 0.4) is 0 Å². The Morgan fingerprint density at radius 2 is 2.23 bits per heavy atom. The summed E-state index contributed by atoms with van der Waals surface area (Å²) in [7, 11) is 1.52. The maximum atomic E-state index is 14.7. The molecule has 2 saturated heterocycles. The van der Waals surface area contributed by atoms with Gasteiger partial charge in [-0.1, -0.05) is 0 Å². The zero-order chi connectivity index (χ0) is 20.7. The van der Waals surface area contributed by atoms with E-state index in [1.165, 1.54) is 17.8 Å². The Hall–Kier alpha value is -3.34. The van der Waals surface area contributed by atoms with Gasteiger partial charge in [0.15, 0.2) is 23.0 Å². The van der Waals surface area contributed by atoms with Crippen molar-refractivity contribution in [1.29, 1.82) is 0 Å². The first-order valence-electron chi connectivity index (χ1n) is 9.87. The van der Waals surface area contributed by atoms with E-state index in [0.29, 0.717) is 41.8 Å². The molecule has 0 radical (unpaired) electrons. The van der Waals surface area contributed by atoms with Crippen LogP contribution in [-0.2, 0) is 4.79 Å². The van der Waals surface area contributed by atoms with Crippen molar-refractivity contribution < 1.29 is 13.9 Å². The summed E-state index contributed by atoms with van der Waals surface area (Å²) in [4.78, 5) is 26.6. The summed E-state index contributed by atoms with van der Waals surface area (Å²) in [5.74, 6) is 0.569. The van der Waals surface area contributed by atoms with E-state index in [-0.39, 0.29) is 17.6 Å². The largest absolute Gasteiger partial charge is 0.493 e. The number of ether oxygens (including phenoxy) is 1. The maximum absolute atomic E-state index is 14.7. The molecule has 0 aliphatic carbocycles. The van der Waals surface area contributed by atoms with Crippen LogP contribution in [0.25, 0.3) is 17.0 Å². The van der Waals surface area contributed by atoms with E-state index >= 15 is 0 Å². The summed E-state index contributed by atoms with van der Waals surface area (Å²) in [5, 5.41) is 11.0. The van der Waals surface area contributed by atoms with Gasteiger partial charge >= 0.3 is 0 Å². The van der Waals surface area contributed by atoms with Crippen LogP contribution in [0, 0.1) is 5.82 Å². The van der Waals surface area contributed by atoms with E-state index in [1.54, 1.807) is 11.0 Å². The van der Waals surface area contributed by atoms with E-state index in [9.17, 15) is 9.18 Å². The number of anilines is 2. The normalized spacial score (nSPS) is 19.1. The van der Waals surface area contributed by atoms with Gasteiger partial charge in [-0.15, -0.1) is 5.10 Å². The molecule has 156 valence electrons. The topological polar surface area (TPSA) is 110 Å². The first kappa shape index (κ1) is 18.7. The zero-order valence-corrected chi connectivity index (χ0v) is 16.4. The molecule has 1 unspecified atom stereocenters. The first-order valence-corrected chi connectivity index (χ1v) is 9.87. The number of nitrogens with zero attached hydrogens (tertiary/aromatic N) is 6. The SMILES string of the molecule is COc1cc2ncc(-c3nc(NC4CCNC4)ncc3F)n2nc1N1CCCC1=O. The summed E-state index contributed by atoms with van der Waals surface area (Å²) < 4.78 is 21.6. The molecule has 5 heterocycles. The van der Waals surface area contributed by atoms with E-state index in [1.807, 2.05) is 0 Å². The molecule has 2 fully saturated rings. The molecular weight excluding hydrogens is 391 g/mol. The fraction of sp³-hybridized carbons (Fsp3) is 0.421. The molecule has 3 aromatic heterocycles. The maximum Gasteiger partial charge on any atom is 0.228 e. The summed E-state index contributed by atoms with van der Waals surface area (Å²) in [5.41, 5.74) is 0.917. The van der Waals surface area contributed by atoms with Crippen molar-refractivity contribution in [2.24, 2.45) is 0 Å². The molecule has 0 aromatic carbocycles. The van der Waals surface area contributed by atoms with Gasteiger partial charge in [-0.25, -0.2) is 23.9 Å². The van der Waals surface area contributed by atoms with E-state index < -0.39 is 5.82 Å². The van der Waals surface area contributed by atoms with Crippen molar-refractivity contribution in [3.63, 3.8) is 0 Å². The molecule has 0 bridgehead atoms. The van der Waals surface area contributed by atoms with Gasteiger partial charge in [-0.3, -0.25) is 9.69 Å². The smallest absolute Gasteiger partial charge is 0.228 e.